The third kappa shape index (κ3) is 13.2. The zero-order valence-electron chi connectivity index (χ0n) is 14.3. The van der Waals surface area contributed by atoms with Crippen LogP contribution in [-0.4, -0.2) is 37.0 Å². The Morgan fingerprint density at radius 3 is 1.50 bits per heavy atom. The Morgan fingerprint density at radius 1 is 0.864 bits per heavy atom. The summed E-state index contributed by atoms with van der Waals surface area (Å²) in [6.07, 6.45) is 8.56. The van der Waals surface area contributed by atoms with Crippen LogP contribution in [0.3, 0.4) is 0 Å². The van der Waals surface area contributed by atoms with E-state index in [0.29, 0.717) is 25.0 Å². The summed E-state index contributed by atoms with van der Waals surface area (Å²) in [4.78, 5) is 9.77. The van der Waals surface area contributed by atoms with Crippen molar-refractivity contribution < 1.29 is 18.5 Å². The van der Waals surface area contributed by atoms with E-state index >= 15 is 0 Å². The topological polar surface area (TPSA) is 55.8 Å². The second-order valence-corrected chi connectivity index (χ2v) is 7.35. The summed E-state index contributed by atoms with van der Waals surface area (Å²) in [5.41, 5.74) is 0. The Kier molecular flexibility index (Phi) is 17.3. The van der Waals surface area contributed by atoms with Crippen molar-refractivity contribution in [3.8, 4) is 0 Å². The minimum atomic E-state index is -3.89. The summed E-state index contributed by atoms with van der Waals surface area (Å²) in [5.74, 6) is 0.687. The molecule has 0 aliphatic rings. The first-order valence-corrected chi connectivity index (χ1v) is 10.1. The van der Waals surface area contributed by atoms with Crippen LogP contribution in [0.5, 0.6) is 0 Å². The first kappa shape index (κ1) is 25.0. The molecule has 0 aromatic rings. The number of hydrogen-bond acceptors (Lipinski definition) is 3. The van der Waals surface area contributed by atoms with E-state index in [0.717, 1.165) is 51.4 Å². The number of phosphoric ester groups is 1. The molecule has 0 rings (SSSR count). The molecule has 1 N–H and O–H groups in total. The Balaban J connectivity index is 0. The molecule has 0 aliphatic carbocycles. The molecule has 130 valence electrons. The predicted molar refractivity (Wildman–Crippen MR) is 95.5 cm³/mol. The van der Waals surface area contributed by atoms with Gasteiger partial charge in [-0.3, -0.25) is 9.05 Å². The molecule has 0 fully saturated rings. The van der Waals surface area contributed by atoms with Crippen molar-refractivity contribution in [2.24, 2.45) is 11.8 Å². The first-order valence-electron chi connectivity index (χ1n) is 8.60. The van der Waals surface area contributed by atoms with Gasteiger partial charge in [0.15, 0.2) is 0 Å². The van der Waals surface area contributed by atoms with Gasteiger partial charge in [0.2, 0.25) is 0 Å². The fourth-order valence-corrected chi connectivity index (χ4v) is 3.11. The normalized spacial score (nSPS) is 16.6. The van der Waals surface area contributed by atoms with Gasteiger partial charge in [0.1, 0.15) is 0 Å². The molecule has 0 aliphatic heterocycles. The number of rotatable bonds is 14. The molecule has 0 aromatic heterocycles. The minimum absolute atomic E-state index is 0. The molecule has 0 heterocycles. The van der Waals surface area contributed by atoms with Gasteiger partial charge in [-0.25, -0.2) is 4.57 Å². The van der Waals surface area contributed by atoms with Crippen LogP contribution in [0.4, 0.5) is 0 Å². The molecule has 6 heteroatoms. The van der Waals surface area contributed by atoms with Gasteiger partial charge in [0.05, 0.1) is 13.2 Å². The average molecular weight is 330 g/mol. The fraction of sp³-hybridized carbons (Fsp3) is 1.00. The fourth-order valence-electron chi connectivity index (χ4n) is 2.23. The molecule has 2 unspecified atom stereocenters. The van der Waals surface area contributed by atoms with Crippen LogP contribution in [0.15, 0.2) is 0 Å². The molecule has 22 heavy (non-hydrogen) atoms. The van der Waals surface area contributed by atoms with E-state index < -0.39 is 7.82 Å². The summed E-state index contributed by atoms with van der Waals surface area (Å²) < 4.78 is 22.2. The van der Waals surface area contributed by atoms with E-state index in [1.54, 1.807) is 0 Å². The number of unbranched alkanes of at least 4 members (excludes halogenated alkanes) is 2. The molecule has 2 atom stereocenters. The van der Waals surface area contributed by atoms with Crippen molar-refractivity contribution >= 4 is 26.7 Å². The second kappa shape index (κ2) is 15.2. The first-order chi connectivity index (χ1) is 9.99. The molecule has 0 radical (unpaired) electrons. The van der Waals surface area contributed by atoms with E-state index in [9.17, 15) is 9.46 Å². The Labute approximate surface area is 149 Å². The van der Waals surface area contributed by atoms with Crippen LogP contribution in [0.2, 0.25) is 0 Å². The zero-order chi connectivity index (χ0) is 16.1. The Morgan fingerprint density at radius 2 is 1.23 bits per heavy atom. The quantitative estimate of drug-likeness (QED) is 0.363. The van der Waals surface area contributed by atoms with Gasteiger partial charge >= 0.3 is 26.7 Å². The van der Waals surface area contributed by atoms with Crippen molar-refractivity contribution in [2.45, 2.75) is 79.1 Å². The zero-order valence-corrected chi connectivity index (χ0v) is 15.2. The molecule has 0 saturated carbocycles. The standard InChI is InChI=1S/C16H35O4P.Li.H/c1-5-9-11-15(7-3)13-19-21(17,18)20-14-16(8-4)12-10-6-2;;/h15-16H,5-14H2,1-4H3,(H,17,18);;. The molecule has 0 bridgehead atoms. The summed E-state index contributed by atoms with van der Waals surface area (Å²) in [6.45, 7) is 9.10. The third-order valence-corrected chi connectivity index (χ3v) is 4.98. The van der Waals surface area contributed by atoms with Crippen LogP contribution in [-0.2, 0) is 13.6 Å². The molecule has 4 nitrogen and oxygen atoms in total. The molecule has 0 amide bonds. The van der Waals surface area contributed by atoms with Gasteiger partial charge in [-0.15, -0.1) is 0 Å². The molecular weight excluding hydrogens is 294 g/mol. The van der Waals surface area contributed by atoms with E-state index in [1.807, 2.05) is 0 Å². The second-order valence-electron chi connectivity index (χ2n) is 5.89. The van der Waals surface area contributed by atoms with Crippen molar-refractivity contribution in [3.05, 3.63) is 0 Å². The number of hydrogen-bond donors (Lipinski definition) is 1. The third-order valence-electron chi connectivity index (χ3n) is 4.03. The van der Waals surface area contributed by atoms with E-state index in [-0.39, 0.29) is 18.9 Å². The molecule has 0 aromatic carbocycles. The van der Waals surface area contributed by atoms with Gasteiger partial charge in [-0.2, -0.15) is 0 Å². The van der Waals surface area contributed by atoms with E-state index in [4.69, 9.17) is 9.05 Å². The number of phosphoric acid groups is 1. The summed E-state index contributed by atoms with van der Waals surface area (Å²) in [6, 6.07) is 0. The van der Waals surface area contributed by atoms with E-state index in [2.05, 4.69) is 27.7 Å². The summed E-state index contributed by atoms with van der Waals surface area (Å²) >= 11 is 0. The molecule has 0 saturated heterocycles. The predicted octanol–water partition coefficient (Wildman–Crippen LogP) is 4.90. The van der Waals surface area contributed by atoms with Gasteiger partial charge in [0.25, 0.3) is 0 Å². The van der Waals surface area contributed by atoms with Gasteiger partial charge < -0.3 is 4.89 Å². The van der Waals surface area contributed by atoms with E-state index in [1.165, 1.54) is 0 Å². The Bertz CT molecular complexity index is 265. The van der Waals surface area contributed by atoms with Crippen LogP contribution in [0, 0.1) is 11.8 Å². The van der Waals surface area contributed by atoms with Crippen LogP contribution in [0.25, 0.3) is 0 Å². The van der Waals surface area contributed by atoms with Crippen molar-refractivity contribution in [3.63, 3.8) is 0 Å². The van der Waals surface area contributed by atoms with Crippen LogP contribution in [0.1, 0.15) is 79.1 Å². The maximum atomic E-state index is 11.9. The Hall–Kier alpha value is 0.707. The van der Waals surface area contributed by atoms with Gasteiger partial charge in [0, 0.05) is 0 Å². The summed E-state index contributed by atoms with van der Waals surface area (Å²) in [5, 5.41) is 0. The van der Waals surface area contributed by atoms with Gasteiger partial charge in [-0.05, 0) is 24.7 Å². The van der Waals surface area contributed by atoms with Crippen molar-refractivity contribution in [1.82, 2.24) is 0 Å². The van der Waals surface area contributed by atoms with Gasteiger partial charge in [-0.1, -0.05) is 66.2 Å². The van der Waals surface area contributed by atoms with Crippen molar-refractivity contribution in [1.29, 1.82) is 0 Å². The monoisotopic (exact) mass is 330 g/mol. The SMILES string of the molecule is CCCCC(CC)COP(=O)(O)OCC(CC)CCCC.[LiH]. The molecular formula is C16H36LiO4P. The summed E-state index contributed by atoms with van der Waals surface area (Å²) in [7, 11) is -3.89. The molecule has 0 spiro atoms. The van der Waals surface area contributed by atoms with Crippen molar-refractivity contribution in [2.75, 3.05) is 13.2 Å². The average Bonchev–Trinajstić information content (AvgIpc) is 2.47. The van der Waals surface area contributed by atoms with Crippen LogP contribution >= 0.6 is 7.82 Å². The van der Waals surface area contributed by atoms with Crippen LogP contribution < -0.4 is 0 Å². The maximum absolute atomic E-state index is 11.9.